The van der Waals surface area contributed by atoms with E-state index >= 15 is 0 Å². The summed E-state index contributed by atoms with van der Waals surface area (Å²) in [5.74, 6) is 5.91. The third-order valence-corrected chi connectivity index (χ3v) is 7.05. The number of sulfonamides is 1. The molecule has 0 heterocycles. The predicted molar refractivity (Wildman–Crippen MR) is 136 cm³/mol. The van der Waals surface area contributed by atoms with Gasteiger partial charge in [-0.3, -0.25) is 4.72 Å². The van der Waals surface area contributed by atoms with E-state index in [9.17, 15) is 13.5 Å². The zero-order valence-electron chi connectivity index (χ0n) is 18.4. The maximum Gasteiger partial charge on any atom is 0.261 e. The Hall–Kier alpha value is -3.56. The SMILES string of the molecule is Cc1ccc(S(=O)(=O)Nc2ccccc2C(O)(C#Cc2ccccc2Cl)c2ccccc2)cc1. The van der Waals surface area contributed by atoms with E-state index in [-0.39, 0.29) is 10.6 Å². The van der Waals surface area contributed by atoms with Gasteiger partial charge in [0.15, 0.2) is 5.60 Å². The van der Waals surface area contributed by atoms with Gasteiger partial charge in [-0.1, -0.05) is 102 Å². The van der Waals surface area contributed by atoms with Crippen molar-refractivity contribution in [2.45, 2.75) is 17.4 Å². The van der Waals surface area contributed by atoms with Crippen LogP contribution in [0.1, 0.15) is 22.3 Å². The van der Waals surface area contributed by atoms with Crippen molar-refractivity contribution in [2.24, 2.45) is 0 Å². The third kappa shape index (κ3) is 5.00. The topological polar surface area (TPSA) is 66.4 Å². The van der Waals surface area contributed by atoms with Crippen molar-refractivity contribution in [3.05, 3.63) is 130 Å². The van der Waals surface area contributed by atoms with Crippen molar-refractivity contribution in [1.29, 1.82) is 0 Å². The molecule has 4 aromatic carbocycles. The van der Waals surface area contributed by atoms with Crippen LogP contribution in [-0.2, 0) is 15.6 Å². The van der Waals surface area contributed by atoms with E-state index in [1.165, 1.54) is 0 Å². The molecule has 34 heavy (non-hydrogen) atoms. The summed E-state index contributed by atoms with van der Waals surface area (Å²) in [6.45, 7) is 1.89. The van der Waals surface area contributed by atoms with Crippen LogP contribution in [-0.4, -0.2) is 13.5 Å². The summed E-state index contributed by atoms with van der Waals surface area (Å²) in [6.07, 6.45) is 0. The van der Waals surface area contributed by atoms with E-state index in [0.717, 1.165) is 5.56 Å². The molecule has 4 rings (SSSR count). The smallest absolute Gasteiger partial charge is 0.261 e. The van der Waals surface area contributed by atoms with Crippen LogP contribution in [0.3, 0.4) is 0 Å². The molecule has 4 nitrogen and oxygen atoms in total. The Kier molecular flexibility index (Phi) is 6.76. The van der Waals surface area contributed by atoms with Crippen LogP contribution in [0.5, 0.6) is 0 Å². The molecule has 1 atom stereocenters. The van der Waals surface area contributed by atoms with Gasteiger partial charge in [-0.25, -0.2) is 8.42 Å². The number of para-hydroxylation sites is 1. The maximum absolute atomic E-state index is 13.1. The molecule has 0 radical (unpaired) electrons. The molecule has 170 valence electrons. The van der Waals surface area contributed by atoms with Gasteiger partial charge in [-0.15, -0.1) is 0 Å². The van der Waals surface area contributed by atoms with Crippen LogP contribution in [0.2, 0.25) is 5.02 Å². The first-order valence-electron chi connectivity index (χ1n) is 10.5. The first-order valence-corrected chi connectivity index (χ1v) is 12.4. The average molecular weight is 488 g/mol. The van der Waals surface area contributed by atoms with E-state index in [0.29, 0.717) is 21.7 Å². The summed E-state index contributed by atoms with van der Waals surface area (Å²) in [6, 6.07) is 29.2. The normalized spacial score (nSPS) is 12.8. The standard InChI is InChI=1S/C28H22ClNO3S/c1-21-15-17-24(18-16-21)34(32,33)30-27-14-8-6-12-25(27)28(31,23-10-3-2-4-11-23)20-19-22-9-5-7-13-26(22)29/h2-18,30-31H,1H3. The first-order chi connectivity index (χ1) is 16.3. The molecule has 0 bridgehead atoms. The van der Waals surface area contributed by atoms with Crippen LogP contribution in [0, 0.1) is 18.8 Å². The Bertz CT molecular complexity index is 1470. The Balaban J connectivity index is 1.84. The van der Waals surface area contributed by atoms with E-state index in [2.05, 4.69) is 16.6 Å². The summed E-state index contributed by atoms with van der Waals surface area (Å²) in [4.78, 5) is 0.123. The van der Waals surface area contributed by atoms with Gasteiger partial charge in [0.25, 0.3) is 10.0 Å². The maximum atomic E-state index is 13.1. The second-order valence-electron chi connectivity index (χ2n) is 7.77. The van der Waals surface area contributed by atoms with Gasteiger partial charge in [-0.05, 0) is 37.3 Å². The Morgan fingerprint density at radius 2 is 1.44 bits per heavy atom. The van der Waals surface area contributed by atoms with E-state index in [1.54, 1.807) is 97.1 Å². The minimum atomic E-state index is -3.90. The molecule has 0 fully saturated rings. The highest BCUT2D eigenvalue weighted by atomic mass is 35.5. The van der Waals surface area contributed by atoms with E-state index in [4.69, 9.17) is 11.6 Å². The predicted octanol–water partition coefficient (Wildman–Crippen LogP) is 5.74. The van der Waals surface area contributed by atoms with E-state index in [1.807, 2.05) is 13.0 Å². The summed E-state index contributed by atoms with van der Waals surface area (Å²) >= 11 is 6.27. The number of hydrogen-bond donors (Lipinski definition) is 2. The van der Waals surface area contributed by atoms with Crippen molar-refractivity contribution in [1.82, 2.24) is 0 Å². The van der Waals surface area contributed by atoms with Crippen molar-refractivity contribution in [2.75, 3.05) is 4.72 Å². The lowest BCUT2D eigenvalue weighted by molar-refractivity contribution is 0.146. The van der Waals surface area contributed by atoms with Crippen molar-refractivity contribution in [3.63, 3.8) is 0 Å². The number of anilines is 1. The van der Waals surface area contributed by atoms with Crippen molar-refractivity contribution in [3.8, 4) is 11.8 Å². The molecule has 2 N–H and O–H groups in total. The van der Waals surface area contributed by atoms with Crippen LogP contribution in [0.4, 0.5) is 5.69 Å². The lowest BCUT2D eigenvalue weighted by Gasteiger charge is -2.26. The summed E-state index contributed by atoms with van der Waals surface area (Å²) in [7, 11) is -3.90. The van der Waals surface area contributed by atoms with Gasteiger partial charge in [-0.2, -0.15) is 0 Å². The molecule has 0 saturated carbocycles. The van der Waals surface area contributed by atoms with Crippen LogP contribution in [0.25, 0.3) is 0 Å². The van der Waals surface area contributed by atoms with Gasteiger partial charge in [0.05, 0.1) is 15.6 Å². The van der Waals surface area contributed by atoms with Gasteiger partial charge in [0, 0.05) is 16.7 Å². The Morgan fingerprint density at radius 1 is 0.824 bits per heavy atom. The Morgan fingerprint density at radius 3 is 2.15 bits per heavy atom. The largest absolute Gasteiger partial charge is 0.369 e. The van der Waals surface area contributed by atoms with Crippen molar-refractivity contribution < 1.29 is 13.5 Å². The first kappa shape index (κ1) is 23.6. The fourth-order valence-corrected chi connectivity index (χ4v) is 4.77. The molecular weight excluding hydrogens is 466 g/mol. The molecule has 0 aliphatic heterocycles. The average Bonchev–Trinajstić information content (AvgIpc) is 2.84. The molecule has 0 saturated heterocycles. The number of halogens is 1. The minimum Gasteiger partial charge on any atom is -0.369 e. The number of benzene rings is 4. The van der Waals surface area contributed by atoms with Gasteiger partial charge in [0.1, 0.15) is 0 Å². The highest BCUT2D eigenvalue weighted by Crippen LogP contribution is 2.35. The summed E-state index contributed by atoms with van der Waals surface area (Å²) < 4.78 is 28.8. The van der Waals surface area contributed by atoms with Gasteiger partial charge >= 0.3 is 0 Å². The molecule has 0 aromatic heterocycles. The molecule has 0 aliphatic rings. The molecule has 0 aliphatic carbocycles. The minimum absolute atomic E-state index is 0.123. The van der Waals surface area contributed by atoms with Crippen molar-refractivity contribution >= 4 is 27.3 Å². The number of rotatable bonds is 5. The van der Waals surface area contributed by atoms with Crippen LogP contribution >= 0.6 is 11.6 Å². The van der Waals surface area contributed by atoms with Gasteiger partial charge < -0.3 is 5.11 Å². The highest BCUT2D eigenvalue weighted by molar-refractivity contribution is 7.92. The van der Waals surface area contributed by atoms with Crippen LogP contribution in [0.15, 0.2) is 108 Å². The molecule has 4 aromatic rings. The van der Waals surface area contributed by atoms with Gasteiger partial charge in [0.2, 0.25) is 0 Å². The lowest BCUT2D eigenvalue weighted by atomic mass is 9.85. The number of aliphatic hydroxyl groups is 1. The zero-order chi connectivity index (χ0) is 24.2. The molecule has 1 unspecified atom stereocenters. The molecule has 6 heteroatoms. The fraction of sp³-hybridized carbons (Fsp3) is 0.0714. The lowest BCUT2D eigenvalue weighted by Crippen LogP contribution is -2.27. The van der Waals surface area contributed by atoms with E-state index < -0.39 is 15.6 Å². The summed E-state index contributed by atoms with van der Waals surface area (Å²) in [5.41, 5.74) is 0.715. The zero-order valence-corrected chi connectivity index (χ0v) is 19.9. The third-order valence-electron chi connectivity index (χ3n) is 5.34. The molecule has 0 amide bonds. The quantitative estimate of drug-likeness (QED) is 0.353. The number of aryl methyl sites for hydroxylation is 1. The monoisotopic (exact) mass is 487 g/mol. The highest BCUT2D eigenvalue weighted by Gasteiger charge is 2.33. The number of hydrogen-bond acceptors (Lipinski definition) is 3. The summed E-state index contributed by atoms with van der Waals surface area (Å²) in [5, 5.41) is 12.4. The Labute approximate surface area is 204 Å². The van der Waals surface area contributed by atoms with Crippen LogP contribution < -0.4 is 4.72 Å². The second-order valence-corrected chi connectivity index (χ2v) is 9.86. The number of nitrogens with one attached hydrogen (secondary N) is 1. The molecule has 0 spiro atoms. The molecular formula is C28H22ClNO3S. The fourth-order valence-electron chi connectivity index (χ4n) is 3.50. The second kappa shape index (κ2) is 9.74.